The number of amides is 1. The number of carbonyl (C=O) groups is 1. The molecule has 0 aliphatic heterocycles. The number of rotatable bonds is 5. The summed E-state index contributed by atoms with van der Waals surface area (Å²) in [5, 5.41) is 4.52. The standard InChI is InChI=1S/C23H18N2O4/c1-27-19-11-5-8-17-15-20(29-22(17)19)23(26)25-12-2-3-14-28-18-10-4-7-16-9-6-13-24-21(16)18/h4-11,13,15H,12,14H2,1H3,(H,25,26). The van der Waals surface area contributed by atoms with Crippen molar-refractivity contribution < 1.29 is 18.7 Å². The van der Waals surface area contributed by atoms with Gasteiger partial charge in [-0.05, 0) is 24.3 Å². The Morgan fingerprint density at radius 3 is 2.72 bits per heavy atom. The molecule has 0 saturated carbocycles. The fourth-order valence-electron chi connectivity index (χ4n) is 2.94. The molecule has 0 spiro atoms. The molecular weight excluding hydrogens is 368 g/mol. The molecule has 0 atom stereocenters. The summed E-state index contributed by atoms with van der Waals surface area (Å²) in [6, 6.07) is 16.8. The molecule has 4 rings (SSSR count). The lowest BCUT2D eigenvalue weighted by molar-refractivity contribution is 0.0933. The molecule has 0 unspecified atom stereocenters. The third-order valence-electron chi connectivity index (χ3n) is 4.31. The van der Waals surface area contributed by atoms with E-state index >= 15 is 0 Å². The highest BCUT2D eigenvalue weighted by Crippen LogP contribution is 2.28. The average Bonchev–Trinajstić information content (AvgIpc) is 3.20. The van der Waals surface area contributed by atoms with Crippen LogP contribution in [0, 0.1) is 11.8 Å². The third kappa shape index (κ3) is 3.99. The maximum Gasteiger partial charge on any atom is 0.287 e. The molecule has 0 fully saturated rings. The number of hydrogen-bond donors (Lipinski definition) is 1. The number of para-hydroxylation sites is 2. The van der Waals surface area contributed by atoms with Crippen molar-refractivity contribution in [3.05, 3.63) is 66.6 Å². The quantitative estimate of drug-likeness (QED) is 0.528. The summed E-state index contributed by atoms with van der Waals surface area (Å²) in [5.41, 5.74) is 1.34. The SMILES string of the molecule is COc1cccc2cc(C(=O)NCC#CCOc3cccc4cccnc34)oc12. The van der Waals surface area contributed by atoms with E-state index in [1.54, 1.807) is 25.4 Å². The van der Waals surface area contributed by atoms with Gasteiger partial charge in [0.1, 0.15) is 17.9 Å². The van der Waals surface area contributed by atoms with Gasteiger partial charge in [0.25, 0.3) is 5.91 Å². The summed E-state index contributed by atoms with van der Waals surface area (Å²) < 4.78 is 16.6. The van der Waals surface area contributed by atoms with Crippen molar-refractivity contribution >= 4 is 27.8 Å². The number of nitrogens with one attached hydrogen (secondary N) is 1. The summed E-state index contributed by atoms with van der Waals surface area (Å²) in [6.07, 6.45) is 1.73. The summed E-state index contributed by atoms with van der Waals surface area (Å²) >= 11 is 0. The molecule has 144 valence electrons. The van der Waals surface area contributed by atoms with Crippen LogP contribution in [0.3, 0.4) is 0 Å². The fourth-order valence-corrected chi connectivity index (χ4v) is 2.94. The number of nitrogens with zero attached hydrogens (tertiary/aromatic N) is 1. The highest BCUT2D eigenvalue weighted by Gasteiger charge is 2.13. The van der Waals surface area contributed by atoms with Crippen LogP contribution in [-0.4, -0.2) is 31.2 Å². The van der Waals surface area contributed by atoms with Crippen LogP contribution in [0.2, 0.25) is 0 Å². The number of furan rings is 1. The van der Waals surface area contributed by atoms with Crippen LogP contribution in [0.25, 0.3) is 21.9 Å². The fraction of sp³-hybridized carbons (Fsp3) is 0.130. The second-order valence-electron chi connectivity index (χ2n) is 6.15. The summed E-state index contributed by atoms with van der Waals surface area (Å²) in [6.45, 7) is 0.386. The molecule has 0 saturated heterocycles. The van der Waals surface area contributed by atoms with Crippen molar-refractivity contribution in [1.29, 1.82) is 0 Å². The van der Waals surface area contributed by atoms with E-state index in [4.69, 9.17) is 13.9 Å². The summed E-state index contributed by atoms with van der Waals surface area (Å²) in [7, 11) is 1.56. The van der Waals surface area contributed by atoms with Gasteiger partial charge in [-0.2, -0.15) is 0 Å². The van der Waals surface area contributed by atoms with Gasteiger partial charge in [0.05, 0.1) is 13.7 Å². The molecule has 1 N–H and O–H groups in total. The van der Waals surface area contributed by atoms with Crippen molar-refractivity contribution in [2.75, 3.05) is 20.3 Å². The van der Waals surface area contributed by atoms with Crippen molar-refractivity contribution in [3.8, 4) is 23.3 Å². The van der Waals surface area contributed by atoms with Gasteiger partial charge in [0.15, 0.2) is 17.1 Å². The third-order valence-corrected chi connectivity index (χ3v) is 4.31. The summed E-state index contributed by atoms with van der Waals surface area (Å²) in [4.78, 5) is 16.6. The normalized spacial score (nSPS) is 10.4. The monoisotopic (exact) mass is 386 g/mol. The summed E-state index contributed by atoms with van der Waals surface area (Å²) in [5.74, 6) is 6.89. The zero-order chi connectivity index (χ0) is 20.1. The lowest BCUT2D eigenvalue weighted by Gasteiger charge is -2.05. The molecule has 1 amide bonds. The molecular formula is C23H18N2O4. The minimum atomic E-state index is -0.336. The molecule has 6 heteroatoms. The Morgan fingerprint density at radius 1 is 1.07 bits per heavy atom. The van der Waals surface area contributed by atoms with Gasteiger partial charge in [-0.15, -0.1) is 0 Å². The molecule has 2 aromatic carbocycles. The number of methoxy groups -OCH3 is 1. The first kappa shape index (κ1) is 18.4. The minimum Gasteiger partial charge on any atom is -0.493 e. The number of hydrogen-bond acceptors (Lipinski definition) is 5. The lowest BCUT2D eigenvalue weighted by atomic mass is 10.2. The van der Waals surface area contributed by atoms with E-state index in [-0.39, 0.29) is 24.8 Å². The Labute approximate surface area is 167 Å². The van der Waals surface area contributed by atoms with Gasteiger partial charge >= 0.3 is 0 Å². The minimum absolute atomic E-state index is 0.185. The number of ether oxygens (including phenoxy) is 2. The highest BCUT2D eigenvalue weighted by atomic mass is 16.5. The van der Waals surface area contributed by atoms with Crippen molar-refractivity contribution in [1.82, 2.24) is 10.3 Å². The zero-order valence-corrected chi connectivity index (χ0v) is 15.8. The van der Waals surface area contributed by atoms with Gasteiger partial charge in [-0.1, -0.05) is 42.2 Å². The molecule has 0 radical (unpaired) electrons. The molecule has 2 heterocycles. The van der Waals surface area contributed by atoms with Crippen molar-refractivity contribution in [2.24, 2.45) is 0 Å². The van der Waals surface area contributed by atoms with E-state index in [1.807, 2.05) is 42.5 Å². The van der Waals surface area contributed by atoms with Crippen LogP contribution in [-0.2, 0) is 0 Å². The molecule has 2 aromatic heterocycles. The van der Waals surface area contributed by atoms with Crippen LogP contribution in [0.1, 0.15) is 10.6 Å². The second kappa shape index (κ2) is 8.36. The van der Waals surface area contributed by atoms with Crippen LogP contribution in [0.15, 0.2) is 65.2 Å². The van der Waals surface area contributed by atoms with Gasteiger partial charge in [-0.25, -0.2) is 0 Å². The van der Waals surface area contributed by atoms with E-state index in [2.05, 4.69) is 22.1 Å². The first-order chi connectivity index (χ1) is 14.3. The van der Waals surface area contributed by atoms with Crippen LogP contribution in [0.4, 0.5) is 0 Å². The van der Waals surface area contributed by atoms with Crippen molar-refractivity contribution in [3.63, 3.8) is 0 Å². The average molecular weight is 386 g/mol. The van der Waals surface area contributed by atoms with Gasteiger partial charge in [0, 0.05) is 17.0 Å². The second-order valence-corrected chi connectivity index (χ2v) is 6.15. The molecule has 6 nitrogen and oxygen atoms in total. The Hall–Kier alpha value is -3.98. The molecule has 0 bridgehead atoms. The van der Waals surface area contributed by atoms with Crippen LogP contribution >= 0.6 is 0 Å². The van der Waals surface area contributed by atoms with E-state index in [0.717, 1.165) is 16.3 Å². The first-order valence-electron chi connectivity index (χ1n) is 9.03. The molecule has 29 heavy (non-hydrogen) atoms. The molecule has 0 aliphatic rings. The number of pyridine rings is 1. The zero-order valence-electron chi connectivity index (χ0n) is 15.8. The molecule has 4 aromatic rings. The Bertz CT molecular complexity index is 1230. The number of benzene rings is 2. The Kier molecular flexibility index (Phi) is 5.30. The van der Waals surface area contributed by atoms with E-state index < -0.39 is 0 Å². The maximum absolute atomic E-state index is 12.3. The largest absolute Gasteiger partial charge is 0.493 e. The molecule has 0 aliphatic carbocycles. The van der Waals surface area contributed by atoms with E-state index in [9.17, 15) is 4.79 Å². The topological polar surface area (TPSA) is 73.6 Å². The highest BCUT2D eigenvalue weighted by molar-refractivity contribution is 5.97. The first-order valence-corrected chi connectivity index (χ1v) is 9.03. The smallest absolute Gasteiger partial charge is 0.287 e. The van der Waals surface area contributed by atoms with E-state index in [0.29, 0.717) is 17.1 Å². The lowest BCUT2D eigenvalue weighted by Crippen LogP contribution is -2.23. The predicted octanol–water partition coefficient (Wildman–Crippen LogP) is 3.80. The Balaban J connectivity index is 1.33. The van der Waals surface area contributed by atoms with Gasteiger partial charge in [0.2, 0.25) is 0 Å². The number of fused-ring (bicyclic) bond motifs is 2. The van der Waals surface area contributed by atoms with Gasteiger partial charge < -0.3 is 19.2 Å². The number of carbonyl (C=O) groups excluding carboxylic acids is 1. The van der Waals surface area contributed by atoms with Gasteiger partial charge in [-0.3, -0.25) is 9.78 Å². The number of aromatic nitrogens is 1. The van der Waals surface area contributed by atoms with Crippen LogP contribution in [0.5, 0.6) is 11.5 Å². The predicted molar refractivity (Wildman–Crippen MR) is 110 cm³/mol. The van der Waals surface area contributed by atoms with Crippen LogP contribution < -0.4 is 14.8 Å². The van der Waals surface area contributed by atoms with E-state index in [1.165, 1.54) is 0 Å². The maximum atomic E-state index is 12.3. The Morgan fingerprint density at radius 2 is 1.86 bits per heavy atom. The van der Waals surface area contributed by atoms with Crippen molar-refractivity contribution in [2.45, 2.75) is 0 Å².